The zero-order valence-corrected chi connectivity index (χ0v) is 13.4. The van der Waals surface area contributed by atoms with E-state index in [1.807, 2.05) is 4.90 Å². The molecular weight excluding hydrogens is 262 g/mol. The summed E-state index contributed by atoms with van der Waals surface area (Å²) in [6.45, 7) is 6.01. The summed E-state index contributed by atoms with van der Waals surface area (Å²) >= 11 is 0. The van der Waals surface area contributed by atoms with Crippen LogP contribution in [-0.2, 0) is 0 Å². The van der Waals surface area contributed by atoms with Crippen LogP contribution in [0.1, 0.15) is 52.4 Å². The van der Waals surface area contributed by atoms with Gasteiger partial charge >= 0.3 is 6.03 Å². The molecule has 4 heteroatoms. The number of piperazine rings is 1. The molecule has 2 atom stereocenters. The lowest BCUT2D eigenvalue weighted by Crippen LogP contribution is -2.64. The second kappa shape index (κ2) is 4.87. The smallest absolute Gasteiger partial charge is 0.317 e. The van der Waals surface area contributed by atoms with E-state index in [9.17, 15) is 4.79 Å². The van der Waals surface area contributed by atoms with Gasteiger partial charge in [0.05, 0.1) is 0 Å². The van der Waals surface area contributed by atoms with Crippen molar-refractivity contribution < 1.29 is 4.79 Å². The summed E-state index contributed by atoms with van der Waals surface area (Å²) in [4.78, 5) is 14.8. The number of urea groups is 1. The zero-order chi connectivity index (χ0) is 14.6. The maximum Gasteiger partial charge on any atom is 0.317 e. The van der Waals surface area contributed by atoms with E-state index in [1.54, 1.807) is 0 Å². The SMILES string of the molecule is CC1CN(C(=O)NC23CC4CC(CC(C4)C2)C3)CC(C)N1. The molecule has 0 radical (unpaired) electrons. The second-order valence-electron chi connectivity index (χ2n) is 8.50. The maximum atomic E-state index is 12.8. The Balaban J connectivity index is 1.44. The highest BCUT2D eigenvalue weighted by Crippen LogP contribution is 2.55. The van der Waals surface area contributed by atoms with Crippen molar-refractivity contribution in [2.75, 3.05) is 13.1 Å². The molecule has 1 saturated heterocycles. The number of nitrogens with zero attached hydrogens (tertiary/aromatic N) is 1. The van der Waals surface area contributed by atoms with Crippen molar-refractivity contribution >= 4 is 6.03 Å². The van der Waals surface area contributed by atoms with Gasteiger partial charge in [0.1, 0.15) is 0 Å². The van der Waals surface area contributed by atoms with Crippen LogP contribution in [0.2, 0.25) is 0 Å². The standard InChI is InChI=1S/C17H29N3O/c1-11-9-20(10-12(2)18-11)16(21)19-17-6-13-3-14(7-17)5-15(4-13)8-17/h11-15,18H,3-10H2,1-2H3,(H,19,21). The number of nitrogens with one attached hydrogen (secondary N) is 2. The molecule has 4 saturated carbocycles. The van der Waals surface area contributed by atoms with E-state index < -0.39 is 0 Å². The first-order chi connectivity index (χ1) is 10.0. The minimum Gasteiger partial charge on any atom is -0.333 e. The van der Waals surface area contributed by atoms with E-state index in [0.29, 0.717) is 12.1 Å². The fraction of sp³-hybridized carbons (Fsp3) is 0.941. The minimum absolute atomic E-state index is 0.142. The maximum absolute atomic E-state index is 12.8. The van der Waals surface area contributed by atoms with Crippen LogP contribution in [-0.4, -0.2) is 41.6 Å². The summed E-state index contributed by atoms with van der Waals surface area (Å²) in [5.74, 6) is 2.66. The molecule has 5 aliphatic rings. The van der Waals surface area contributed by atoms with Gasteiger partial charge in [0.15, 0.2) is 0 Å². The van der Waals surface area contributed by atoms with Gasteiger partial charge in [0.25, 0.3) is 0 Å². The zero-order valence-electron chi connectivity index (χ0n) is 13.4. The van der Waals surface area contributed by atoms with Crippen molar-refractivity contribution in [1.82, 2.24) is 15.5 Å². The van der Waals surface area contributed by atoms with E-state index in [0.717, 1.165) is 30.8 Å². The van der Waals surface area contributed by atoms with E-state index in [4.69, 9.17) is 0 Å². The predicted octanol–water partition coefficient (Wildman–Crippen LogP) is 2.35. The van der Waals surface area contributed by atoms with Gasteiger partial charge in [-0.2, -0.15) is 0 Å². The highest BCUT2D eigenvalue weighted by atomic mass is 16.2. The minimum atomic E-state index is 0.142. The molecule has 4 nitrogen and oxygen atoms in total. The van der Waals surface area contributed by atoms with Crippen molar-refractivity contribution in [1.29, 1.82) is 0 Å². The van der Waals surface area contributed by atoms with Gasteiger partial charge in [0.2, 0.25) is 0 Å². The Kier molecular flexibility index (Phi) is 3.21. The number of amides is 2. The summed E-state index contributed by atoms with van der Waals surface area (Å²) in [5.41, 5.74) is 0.142. The lowest BCUT2D eigenvalue weighted by molar-refractivity contribution is -0.0163. The molecule has 0 aromatic heterocycles. The second-order valence-corrected chi connectivity index (χ2v) is 8.50. The third-order valence-electron chi connectivity index (χ3n) is 6.26. The molecule has 2 amide bonds. The largest absolute Gasteiger partial charge is 0.333 e. The first kappa shape index (κ1) is 13.9. The van der Waals surface area contributed by atoms with Gasteiger partial charge in [-0.3, -0.25) is 0 Å². The molecule has 4 aliphatic carbocycles. The van der Waals surface area contributed by atoms with Crippen LogP contribution in [0.3, 0.4) is 0 Å². The molecule has 5 rings (SSSR count). The Morgan fingerprint density at radius 1 is 1.00 bits per heavy atom. The molecule has 4 bridgehead atoms. The summed E-state index contributed by atoms with van der Waals surface area (Å²) in [6.07, 6.45) is 8.00. The highest BCUT2D eigenvalue weighted by Gasteiger charge is 2.51. The van der Waals surface area contributed by atoms with Crippen molar-refractivity contribution in [3.05, 3.63) is 0 Å². The fourth-order valence-corrected chi connectivity index (χ4v) is 6.06. The lowest BCUT2D eigenvalue weighted by Gasteiger charge is -2.57. The Labute approximate surface area is 128 Å². The third kappa shape index (κ3) is 2.56. The molecule has 0 aromatic carbocycles. The number of hydrogen-bond acceptors (Lipinski definition) is 2. The molecule has 118 valence electrons. The molecule has 0 spiro atoms. The summed E-state index contributed by atoms with van der Waals surface area (Å²) in [7, 11) is 0. The number of rotatable bonds is 1. The van der Waals surface area contributed by atoms with Crippen LogP contribution in [0.25, 0.3) is 0 Å². The van der Waals surface area contributed by atoms with Crippen LogP contribution >= 0.6 is 0 Å². The Hall–Kier alpha value is -0.770. The van der Waals surface area contributed by atoms with E-state index in [-0.39, 0.29) is 11.6 Å². The molecule has 2 unspecified atom stereocenters. The van der Waals surface area contributed by atoms with Crippen molar-refractivity contribution in [3.8, 4) is 0 Å². The molecule has 1 heterocycles. The van der Waals surface area contributed by atoms with Gasteiger partial charge in [-0.15, -0.1) is 0 Å². The Bertz CT molecular complexity index is 390. The predicted molar refractivity (Wildman–Crippen MR) is 83.1 cm³/mol. The van der Waals surface area contributed by atoms with Gasteiger partial charge in [-0.05, 0) is 70.1 Å². The first-order valence-electron chi connectivity index (χ1n) is 8.84. The first-order valence-corrected chi connectivity index (χ1v) is 8.84. The third-order valence-corrected chi connectivity index (χ3v) is 6.26. The van der Waals surface area contributed by atoms with Gasteiger partial charge in [-0.25, -0.2) is 4.79 Å². The molecular formula is C17H29N3O. The van der Waals surface area contributed by atoms with Gasteiger partial charge in [-0.1, -0.05) is 0 Å². The molecule has 5 fully saturated rings. The molecule has 21 heavy (non-hydrogen) atoms. The summed E-state index contributed by atoms with van der Waals surface area (Å²) in [6, 6.07) is 0.990. The van der Waals surface area contributed by atoms with Crippen LogP contribution in [0, 0.1) is 17.8 Å². The van der Waals surface area contributed by atoms with Crippen molar-refractivity contribution in [2.24, 2.45) is 17.8 Å². The molecule has 1 aliphatic heterocycles. The topological polar surface area (TPSA) is 44.4 Å². The quantitative estimate of drug-likeness (QED) is 0.779. The Morgan fingerprint density at radius 3 is 1.95 bits per heavy atom. The van der Waals surface area contributed by atoms with Gasteiger partial charge < -0.3 is 15.5 Å². The number of carbonyl (C=O) groups is 1. The van der Waals surface area contributed by atoms with Crippen molar-refractivity contribution in [2.45, 2.75) is 70.0 Å². The van der Waals surface area contributed by atoms with E-state index in [1.165, 1.54) is 38.5 Å². The van der Waals surface area contributed by atoms with Crippen molar-refractivity contribution in [3.63, 3.8) is 0 Å². The van der Waals surface area contributed by atoms with Crippen LogP contribution < -0.4 is 10.6 Å². The van der Waals surface area contributed by atoms with Crippen LogP contribution in [0.15, 0.2) is 0 Å². The number of carbonyl (C=O) groups excluding carboxylic acids is 1. The average Bonchev–Trinajstić information content (AvgIpc) is 2.35. The monoisotopic (exact) mass is 291 g/mol. The average molecular weight is 291 g/mol. The van der Waals surface area contributed by atoms with E-state index >= 15 is 0 Å². The Morgan fingerprint density at radius 2 is 1.48 bits per heavy atom. The summed E-state index contributed by atoms with van der Waals surface area (Å²) in [5, 5.41) is 7.00. The fourth-order valence-electron chi connectivity index (χ4n) is 6.06. The lowest BCUT2D eigenvalue weighted by atomic mass is 9.53. The number of hydrogen-bond donors (Lipinski definition) is 2. The normalized spacial score (nSPS) is 48.5. The summed E-state index contributed by atoms with van der Waals surface area (Å²) < 4.78 is 0. The molecule has 0 aromatic rings. The van der Waals surface area contributed by atoms with Gasteiger partial charge in [0, 0.05) is 30.7 Å². The highest BCUT2D eigenvalue weighted by molar-refractivity contribution is 5.75. The van der Waals surface area contributed by atoms with Crippen LogP contribution in [0.5, 0.6) is 0 Å². The van der Waals surface area contributed by atoms with E-state index in [2.05, 4.69) is 24.5 Å². The van der Waals surface area contributed by atoms with Crippen LogP contribution in [0.4, 0.5) is 4.79 Å². The molecule has 2 N–H and O–H groups in total.